The van der Waals surface area contributed by atoms with Gasteiger partial charge in [0.25, 0.3) is 0 Å². The SMILES string of the molecule is COc1cc(OC)cc([C@H]2CCCc3c(-c4n[nH]cc4[N+](=O)[O-])n[nH]c3C2)c1. The Balaban J connectivity index is 1.68. The van der Waals surface area contributed by atoms with Crippen molar-refractivity contribution in [3.63, 3.8) is 0 Å². The highest BCUT2D eigenvalue weighted by atomic mass is 16.6. The Hall–Kier alpha value is -3.36. The molecule has 1 aliphatic carbocycles. The Morgan fingerprint density at radius 1 is 1.14 bits per heavy atom. The van der Waals surface area contributed by atoms with Crippen LogP contribution in [0.15, 0.2) is 24.4 Å². The van der Waals surface area contributed by atoms with E-state index in [-0.39, 0.29) is 17.3 Å². The highest BCUT2D eigenvalue weighted by Crippen LogP contribution is 2.38. The van der Waals surface area contributed by atoms with Crippen LogP contribution in [0.4, 0.5) is 5.69 Å². The number of aromatic amines is 2. The fourth-order valence-electron chi connectivity index (χ4n) is 3.86. The zero-order valence-corrected chi connectivity index (χ0v) is 15.7. The molecule has 1 aromatic carbocycles. The molecule has 0 amide bonds. The Labute approximate surface area is 161 Å². The monoisotopic (exact) mass is 383 g/mol. The molecule has 28 heavy (non-hydrogen) atoms. The molecule has 9 nitrogen and oxygen atoms in total. The van der Waals surface area contributed by atoms with Gasteiger partial charge in [-0.05, 0) is 49.3 Å². The summed E-state index contributed by atoms with van der Waals surface area (Å²) in [6.45, 7) is 0. The van der Waals surface area contributed by atoms with Gasteiger partial charge in [0.05, 0.1) is 19.1 Å². The molecule has 0 radical (unpaired) electrons. The predicted molar refractivity (Wildman–Crippen MR) is 102 cm³/mol. The second-order valence-corrected chi connectivity index (χ2v) is 6.84. The lowest BCUT2D eigenvalue weighted by atomic mass is 9.91. The molecule has 2 heterocycles. The third-order valence-electron chi connectivity index (χ3n) is 5.27. The zero-order chi connectivity index (χ0) is 19.7. The predicted octanol–water partition coefficient (Wildman–Crippen LogP) is 3.39. The van der Waals surface area contributed by atoms with Gasteiger partial charge >= 0.3 is 5.69 Å². The average molecular weight is 383 g/mol. The molecule has 0 aliphatic heterocycles. The van der Waals surface area contributed by atoms with E-state index in [9.17, 15) is 10.1 Å². The first-order chi connectivity index (χ1) is 13.6. The maximum Gasteiger partial charge on any atom is 0.316 e. The van der Waals surface area contributed by atoms with Gasteiger partial charge in [0.15, 0.2) is 5.69 Å². The van der Waals surface area contributed by atoms with Gasteiger partial charge in [-0.3, -0.25) is 20.3 Å². The number of nitrogens with zero attached hydrogens (tertiary/aromatic N) is 3. The van der Waals surface area contributed by atoms with E-state index in [1.165, 1.54) is 6.20 Å². The zero-order valence-electron chi connectivity index (χ0n) is 15.7. The van der Waals surface area contributed by atoms with Crippen molar-refractivity contribution in [3.8, 4) is 22.9 Å². The molecular formula is C19H21N5O4. The lowest BCUT2D eigenvalue weighted by molar-refractivity contribution is -0.384. The number of fused-ring (bicyclic) bond motifs is 1. The molecule has 2 aromatic heterocycles. The quantitative estimate of drug-likeness (QED) is 0.396. The molecule has 0 bridgehead atoms. The van der Waals surface area contributed by atoms with Crippen molar-refractivity contribution in [3.05, 3.63) is 51.3 Å². The molecule has 3 aromatic rings. The van der Waals surface area contributed by atoms with Crippen LogP contribution < -0.4 is 9.47 Å². The van der Waals surface area contributed by atoms with E-state index in [0.29, 0.717) is 5.69 Å². The first-order valence-electron chi connectivity index (χ1n) is 9.08. The van der Waals surface area contributed by atoms with Crippen molar-refractivity contribution >= 4 is 5.69 Å². The van der Waals surface area contributed by atoms with Gasteiger partial charge in [-0.15, -0.1) is 0 Å². The average Bonchev–Trinajstić information content (AvgIpc) is 3.28. The molecule has 146 valence electrons. The van der Waals surface area contributed by atoms with Crippen LogP contribution in [0.1, 0.15) is 35.6 Å². The summed E-state index contributed by atoms with van der Waals surface area (Å²) >= 11 is 0. The topological polar surface area (TPSA) is 119 Å². The van der Waals surface area contributed by atoms with E-state index >= 15 is 0 Å². The summed E-state index contributed by atoms with van der Waals surface area (Å²) in [6.07, 6.45) is 4.78. The number of aromatic nitrogens is 4. The molecule has 0 saturated carbocycles. The molecule has 1 aliphatic rings. The number of hydrogen-bond donors (Lipinski definition) is 2. The molecule has 2 N–H and O–H groups in total. The van der Waals surface area contributed by atoms with Crippen molar-refractivity contribution in [2.75, 3.05) is 14.2 Å². The van der Waals surface area contributed by atoms with Crippen molar-refractivity contribution in [1.29, 1.82) is 0 Å². The third kappa shape index (κ3) is 3.19. The molecular weight excluding hydrogens is 362 g/mol. The highest BCUT2D eigenvalue weighted by molar-refractivity contribution is 5.69. The van der Waals surface area contributed by atoms with E-state index < -0.39 is 4.92 Å². The van der Waals surface area contributed by atoms with E-state index in [1.54, 1.807) is 14.2 Å². The fraction of sp³-hybridized carbons (Fsp3) is 0.368. The number of methoxy groups -OCH3 is 2. The Morgan fingerprint density at radius 2 is 1.89 bits per heavy atom. The number of nitrogens with one attached hydrogen (secondary N) is 2. The maximum absolute atomic E-state index is 11.3. The minimum atomic E-state index is -0.443. The molecule has 9 heteroatoms. The van der Waals surface area contributed by atoms with Crippen LogP contribution in [0.25, 0.3) is 11.4 Å². The van der Waals surface area contributed by atoms with Gasteiger partial charge in [-0.1, -0.05) is 0 Å². The lowest BCUT2D eigenvalue weighted by Gasteiger charge is -2.17. The number of ether oxygens (including phenoxy) is 2. The van der Waals surface area contributed by atoms with Crippen LogP contribution in [0.3, 0.4) is 0 Å². The molecule has 0 spiro atoms. The first-order valence-corrected chi connectivity index (χ1v) is 9.08. The van der Waals surface area contributed by atoms with Crippen molar-refractivity contribution in [2.24, 2.45) is 0 Å². The van der Waals surface area contributed by atoms with E-state index in [0.717, 1.165) is 54.0 Å². The van der Waals surface area contributed by atoms with Crippen LogP contribution >= 0.6 is 0 Å². The van der Waals surface area contributed by atoms with Crippen molar-refractivity contribution < 1.29 is 14.4 Å². The third-order valence-corrected chi connectivity index (χ3v) is 5.27. The van der Waals surface area contributed by atoms with Gasteiger partial charge in [0.1, 0.15) is 23.4 Å². The second kappa shape index (κ2) is 7.34. The van der Waals surface area contributed by atoms with Crippen molar-refractivity contribution in [2.45, 2.75) is 31.6 Å². The van der Waals surface area contributed by atoms with Gasteiger partial charge in [-0.25, -0.2) is 0 Å². The summed E-state index contributed by atoms with van der Waals surface area (Å²) in [7, 11) is 3.28. The number of benzene rings is 1. The summed E-state index contributed by atoms with van der Waals surface area (Å²) in [5.74, 6) is 1.79. The summed E-state index contributed by atoms with van der Waals surface area (Å²) in [5, 5.41) is 25.3. The molecule has 0 saturated heterocycles. The number of rotatable bonds is 5. The molecule has 4 rings (SSSR count). The van der Waals surface area contributed by atoms with Crippen LogP contribution in [0, 0.1) is 10.1 Å². The van der Waals surface area contributed by atoms with Crippen molar-refractivity contribution in [1.82, 2.24) is 20.4 Å². The van der Waals surface area contributed by atoms with Gasteiger partial charge in [0.2, 0.25) is 0 Å². The minimum Gasteiger partial charge on any atom is -0.497 e. The van der Waals surface area contributed by atoms with Crippen LogP contribution in [0.5, 0.6) is 11.5 Å². The Kier molecular flexibility index (Phi) is 4.72. The van der Waals surface area contributed by atoms with Crippen LogP contribution in [-0.2, 0) is 12.8 Å². The van der Waals surface area contributed by atoms with E-state index in [4.69, 9.17) is 9.47 Å². The first kappa shape index (κ1) is 18.0. The minimum absolute atomic E-state index is 0.0624. The molecule has 1 atom stereocenters. The normalized spacial score (nSPS) is 16.3. The van der Waals surface area contributed by atoms with E-state index in [2.05, 4.69) is 20.4 Å². The number of hydrogen-bond acceptors (Lipinski definition) is 6. The van der Waals surface area contributed by atoms with Crippen LogP contribution in [0.2, 0.25) is 0 Å². The van der Waals surface area contributed by atoms with Gasteiger partial charge < -0.3 is 9.47 Å². The summed E-state index contributed by atoms with van der Waals surface area (Å²) < 4.78 is 10.8. The number of nitro groups is 1. The fourth-order valence-corrected chi connectivity index (χ4v) is 3.86. The smallest absolute Gasteiger partial charge is 0.316 e. The molecule has 0 unspecified atom stereocenters. The van der Waals surface area contributed by atoms with Gasteiger partial charge in [-0.2, -0.15) is 10.2 Å². The standard InChI is InChI=1S/C19H21N5O4/c1-27-13-6-12(7-14(9-13)28-2)11-4-3-5-15-16(8-11)21-23-18(15)19-17(24(25)26)10-20-22-19/h6-7,9-11H,3-5,8H2,1-2H3,(H,20,22)(H,21,23)/t11-/m0/s1. The number of H-pyrrole nitrogens is 2. The Bertz CT molecular complexity index is 987. The van der Waals surface area contributed by atoms with Gasteiger partial charge in [0, 0.05) is 17.3 Å². The summed E-state index contributed by atoms with van der Waals surface area (Å²) in [4.78, 5) is 10.8. The lowest BCUT2D eigenvalue weighted by Crippen LogP contribution is -2.03. The second-order valence-electron chi connectivity index (χ2n) is 6.84. The maximum atomic E-state index is 11.3. The summed E-state index contributed by atoms with van der Waals surface area (Å²) in [5.41, 5.74) is 3.93. The highest BCUT2D eigenvalue weighted by Gasteiger charge is 2.28. The van der Waals surface area contributed by atoms with Crippen LogP contribution in [-0.4, -0.2) is 39.5 Å². The molecule has 0 fully saturated rings. The Morgan fingerprint density at radius 3 is 2.57 bits per heavy atom. The van der Waals surface area contributed by atoms with E-state index in [1.807, 2.05) is 18.2 Å². The summed E-state index contributed by atoms with van der Waals surface area (Å²) in [6, 6.07) is 5.93. The largest absolute Gasteiger partial charge is 0.497 e.